The monoisotopic (exact) mass is 212 g/mol. The number of nitrogens with one attached hydrogen (secondary N) is 1. The fraction of sp³-hybridized carbons (Fsp3) is 0.600. The molecule has 0 aromatic heterocycles. The number of hydrazone groups is 1. The van der Waals surface area contributed by atoms with Crippen LogP contribution in [0.4, 0.5) is 18.0 Å². The molecule has 14 heavy (non-hydrogen) atoms. The van der Waals surface area contributed by atoms with E-state index in [4.69, 9.17) is 5.11 Å². The lowest BCUT2D eigenvalue weighted by molar-refractivity contribution is -0.297. The highest BCUT2D eigenvalue weighted by Crippen LogP contribution is 2.38. The van der Waals surface area contributed by atoms with Crippen LogP contribution in [0.25, 0.3) is 0 Å². The maximum atomic E-state index is 12.3. The van der Waals surface area contributed by atoms with Gasteiger partial charge in [-0.2, -0.15) is 23.3 Å². The number of carbonyl (C=O) groups is 1. The van der Waals surface area contributed by atoms with E-state index in [9.17, 15) is 18.0 Å². The van der Waals surface area contributed by atoms with Crippen LogP contribution in [-0.4, -0.2) is 34.3 Å². The van der Waals surface area contributed by atoms with Gasteiger partial charge in [0.05, 0.1) is 0 Å². The minimum atomic E-state index is -4.99. The molecule has 1 rings (SSSR count). The minimum absolute atomic E-state index is 0.146. The van der Waals surface area contributed by atoms with Crippen molar-refractivity contribution >= 4 is 12.2 Å². The van der Waals surface area contributed by atoms with Gasteiger partial charge >= 0.3 is 12.2 Å². The third kappa shape index (κ3) is 1.40. The molecule has 0 bridgehead atoms. The molecule has 0 fully saturated rings. The summed E-state index contributed by atoms with van der Waals surface area (Å²) in [5.74, 6) is 4.62. The van der Waals surface area contributed by atoms with E-state index >= 15 is 0 Å². The molecule has 4 N–H and O–H groups in total. The van der Waals surface area contributed by atoms with Crippen molar-refractivity contribution in [1.82, 2.24) is 10.4 Å². The molecule has 0 aliphatic carbocycles. The number of hydrogen-bond acceptors (Lipinski definition) is 4. The molecule has 1 atom stereocenters. The largest absolute Gasteiger partial charge is 0.438 e. The number of hydrogen-bond donors (Lipinski definition) is 3. The molecule has 9 heteroatoms. The summed E-state index contributed by atoms with van der Waals surface area (Å²) in [5, 5.41) is 12.1. The third-order valence-electron chi connectivity index (χ3n) is 1.69. The molecule has 1 aliphatic rings. The van der Waals surface area contributed by atoms with Crippen molar-refractivity contribution in [1.29, 1.82) is 0 Å². The predicted molar refractivity (Wildman–Crippen MR) is 38.7 cm³/mol. The predicted octanol–water partition coefficient (Wildman–Crippen LogP) is -0.488. The SMILES string of the molecule is NNC(=O)N1N=CCC1(O)C(F)(F)F. The molecule has 1 aliphatic heterocycles. The summed E-state index contributed by atoms with van der Waals surface area (Å²) in [4.78, 5) is 10.8. The molecular weight excluding hydrogens is 205 g/mol. The lowest BCUT2D eigenvalue weighted by Gasteiger charge is -2.31. The van der Waals surface area contributed by atoms with Gasteiger partial charge in [-0.15, -0.1) is 0 Å². The molecule has 0 saturated carbocycles. The molecule has 6 nitrogen and oxygen atoms in total. The summed E-state index contributed by atoms with van der Waals surface area (Å²) in [6.07, 6.45) is -5.03. The zero-order valence-corrected chi connectivity index (χ0v) is 6.75. The molecule has 1 heterocycles. The molecule has 1 unspecified atom stereocenters. The van der Waals surface area contributed by atoms with Gasteiger partial charge in [0.1, 0.15) is 0 Å². The first-order valence-electron chi connectivity index (χ1n) is 3.45. The van der Waals surface area contributed by atoms with Gasteiger partial charge in [0.15, 0.2) is 0 Å². The topological polar surface area (TPSA) is 91.0 Å². The first-order valence-corrected chi connectivity index (χ1v) is 3.45. The Morgan fingerprint density at radius 2 is 2.29 bits per heavy atom. The van der Waals surface area contributed by atoms with Gasteiger partial charge < -0.3 is 5.11 Å². The number of nitrogens with zero attached hydrogens (tertiary/aromatic N) is 2. The van der Waals surface area contributed by atoms with Crippen LogP contribution in [0.5, 0.6) is 0 Å². The fourth-order valence-electron chi connectivity index (χ4n) is 0.949. The Hall–Kier alpha value is -1.35. The van der Waals surface area contributed by atoms with Crippen molar-refractivity contribution in [3.05, 3.63) is 0 Å². The molecule has 0 aromatic carbocycles. The Kier molecular flexibility index (Phi) is 2.37. The highest BCUT2D eigenvalue weighted by atomic mass is 19.4. The molecule has 0 saturated heterocycles. The van der Waals surface area contributed by atoms with Crippen LogP contribution in [0.2, 0.25) is 0 Å². The van der Waals surface area contributed by atoms with Crippen molar-refractivity contribution in [2.24, 2.45) is 10.9 Å². The number of halogens is 3. The maximum Gasteiger partial charge on any atom is 0.438 e. The van der Waals surface area contributed by atoms with Crippen molar-refractivity contribution < 1.29 is 23.1 Å². The number of aliphatic hydroxyl groups is 1. The summed E-state index contributed by atoms with van der Waals surface area (Å²) >= 11 is 0. The first-order chi connectivity index (χ1) is 6.33. The minimum Gasteiger partial charge on any atom is -0.362 e. The summed E-state index contributed by atoms with van der Waals surface area (Å²) in [6, 6.07) is -1.33. The Labute approximate surface area is 76.1 Å². The van der Waals surface area contributed by atoms with E-state index in [2.05, 4.69) is 10.9 Å². The highest BCUT2D eigenvalue weighted by Gasteiger charge is 2.61. The Balaban J connectivity index is 2.96. The summed E-state index contributed by atoms with van der Waals surface area (Å²) in [6.45, 7) is 0. The van der Waals surface area contributed by atoms with Crippen LogP contribution in [0, 0.1) is 0 Å². The first kappa shape index (κ1) is 10.7. The van der Waals surface area contributed by atoms with Crippen molar-refractivity contribution in [2.75, 3.05) is 0 Å². The van der Waals surface area contributed by atoms with Gasteiger partial charge in [0.2, 0.25) is 0 Å². The van der Waals surface area contributed by atoms with E-state index < -0.39 is 24.4 Å². The smallest absolute Gasteiger partial charge is 0.362 e. The van der Waals surface area contributed by atoms with E-state index in [-0.39, 0.29) is 5.01 Å². The Morgan fingerprint density at radius 1 is 1.71 bits per heavy atom. The number of rotatable bonds is 0. The van der Waals surface area contributed by atoms with Crippen LogP contribution >= 0.6 is 0 Å². The van der Waals surface area contributed by atoms with Gasteiger partial charge in [-0.3, -0.25) is 5.43 Å². The van der Waals surface area contributed by atoms with Gasteiger partial charge in [-0.25, -0.2) is 10.6 Å². The molecular formula is C5H7F3N4O2. The van der Waals surface area contributed by atoms with E-state index in [0.29, 0.717) is 0 Å². The van der Waals surface area contributed by atoms with E-state index in [1.807, 2.05) is 0 Å². The number of carbonyl (C=O) groups excluding carboxylic acids is 1. The Bertz CT molecular complexity index is 279. The van der Waals surface area contributed by atoms with Gasteiger partial charge in [-0.05, 0) is 0 Å². The number of alkyl halides is 3. The molecule has 0 aromatic rings. The quantitative estimate of drug-likeness (QED) is 0.287. The molecule has 0 radical (unpaired) electrons. The van der Waals surface area contributed by atoms with Crippen molar-refractivity contribution in [2.45, 2.75) is 18.3 Å². The average molecular weight is 212 g/mol. The molecule has 80 valence electrons. The normalized spacial score (nSPS) is 26.8. The standard InChI is InChI=1S/C5H7F3N4O2/c6-5(7,8)4(14)1-2-10-12(4)3(13)11-9/h2,14H,1,9H2,(H,11,13). The highest BCUT2D eigenvalue weighted by molar-refractivity contribution is 5.78. The molecule has 2 amide bonds. The average Bonchev–Trinajstić information content (AvgIpc) is 2.46. The lowest BCUT2D eigenvalue weighted by atomic mass is 10.1. The summed E-state index contributed by atoms with van der Waals surface area (Å²) < 4.78 is 36.9. The summed E-state index contributed by atoms with van der Waals surface area (Å²) in [7, 11) is 0. The molecule has 0 spiro atoms. The van der Waals surface area contributed by atoms with Gasteiger partial charge in [0, 0.05) is 12.6 Å². The number of nitrogens with two attached hydrogens (primary N) is 1. The van der Waals surface area contributed by atoms with Crippen molar-refractivity contribution in [3.63, 3.8) is 0 Å². The van der Waals surface area contributed by atoms with E-state index in [1.54, 1.807) is 0 Å². The Morgan fingerprint density at radius 3 is 2.71 bits per heavy atom. The number of urea groups is 1. The van der Waals surface area contributed by atoms with Gasteiger partial charge in [0.25, 0.3) is 5.72 Å². The number of hydrazine groups is 1. The van der Waals surface area contributed by atoms with Crippen LogP contribution in [0.3, 0.4) is 0 Å². The second kappa shape index (κ2) is 3.10. The summed E-state index contributed by atoms with van der Waals surface area (Å²) in [5.41, 5.74) is -1.86. The lowest BCUT2D eigenvalue weighted by Crippen LogP contribution is -2.59. The zero-order valence-electron chi connectivity index (χ0n) is 6.75. The van der Waals surface area contributed by atoms with E-state index in [0.717, 1.165) is 6.21 Å². The van der Waals surface area contributed by atoms with E-state index in [1.165, 1.54) is 5.43 Å². The van der Waals surface area contributed by atoms with Crippen LogP contribution in [0.1, 0.15) is 6.42 Å². The third-order valence-corrected chi connectivity index (χ3v) is 1.69. The van der Waals surface area contributed by atoms with Crippen LogP contribution in [-0.2, 0) is 0 Å². The fourth-order valence-corrected chi connectivity index (χ4v) is 0.949. The zero-order chi connectivity index (χ0) is 11.0. The second-order valence-electron chi connectivity index (χ2n) is 2.58. The number of amides is 2. The van der Waals surface area contributed by atoms with Crippen LogP contribution in [0.15, 0.2) is 5.10 Å². The van der Waals surface area contributed by atoms with Crippen LogP contribution < -0.4 is 11.3 Å². The van der Waals surface area contributed by atoms with Crippen molar-refractivity contribution in [3.8, 4) is 0 Å². The second-order valence-corrected chi connectivity index (χ2v) is 2.58. The van der Waals surface area contributed by atoms with Gasteiger partial charge in [-0.1, -0.05) is 0 Å². The maximum absolute atomic E-state index is 12.3.